The van der Waals surface area contributed by atoms with E-state index in [2.05, 4.69) is 0 Å². The highest BCUT2D eigenvalue weighted by molar-refractivity contribution is 6.33. The van der Waals surface area contributed by atoms with Gasteiger partial charge in [0.1, 0.15) is 0 Å². The summed E-state index contributed by atoms with van der Waals surface area (Å²) in [6.45, 7) is 4.70. The maximum Gasteiger partial charge on any atom is 0.261 e. The Morgan fingerprint density at radius 1 is 0.714 bits per heavy atom. The molecule has 6 heteroatoms. The van der Waals surface area contributed by atoms with Crippen molar-refractivity contribution >= 4 is 46.4 Å². The molecule has 0 unspecified atom stereocenters. The molecule has 0 fully saturated rings. The van der Waals surface area contributed by atoms with Crippen molar-refractivity contribution in [3.8, 4) is 0 Å². The van der Waals surface area contributed by atoms with Crippen LogP contribution in [0.5, 0.6) is 0 Å². The maximum absolute atomic E-state index is 13.3. The van der Waals surface area contributed by atoms with Crippen LogP contribution >= 0.6 is 23.2 Å². The molecule has 2 aromatic carbocycles. The summed E-state index contributed by atoms with van der Waals surface area (Å²) in [6, 6.07) is 14.5. The minimum Gasteiger partial charge on any atom is -0.307 e. The van der Waals surface area contributed by atoms with Crippen LogP contribution in [-0.2, 0) is 9.59 Å². The van der Waals surface area contributed by atoms with E-state index in [4.69, 9.17) is 23.2 Å². The topological polar surface area (TPSA) is 40.6 Å². The molecule has 0 aromatic heterocycles. The number of halogens is 2. The molecule has 2 aromatic rings. The molecule has 0 N–H and O–H groups in total. The summed E-state index contributed by atoms with van der Waals surface area (Å²) >= 11 is 12.4. The van der Waals surface area contributed by atoms with Gasteiger partial charge in [-0.3, -0.25) is 9.59 Å². The van der Waals surface area contributed by atoms with Crippen molar-refractivity contribution in [2.45, 2.75) is 13.8 Å². The van der Waals surface area contributed by atoms with E-state index in [0.717, 1.165) is 11.1 Å². The maximum atomic E-state index is 13.3. The fourth-order valence-corrected chi connectivity index (χ4v) is 4.25. The van der Waals surface area contributed by atoms with Crippen molar-refractivity contribution in [3.63, 3.8) is 0 Å². The van der Waals surface area contributed by atoms with Crippen molar-refractivity contribution < 1.29 is 9.59 Å². The Bertz CT molecular complexity index is 986. The van der Waals surface area contributed by atoms with Gasteiger partial charge in [0.2, 0.25) is 0 Å². The van der Waals surface area contributed by atoms with Gasteiger partial charge in [-0.05, 0) is 38.1 Å². The number of likely N-dealkylation sites (N-methyl/N-ethyl adjacent to an activating group) is 2. The first-order valence-corrected chi connectivity index (χ1v) is 9.88. The molecule has 4 rings (SSSR count). The number of carbonyl (C=O) groups is 2. The lowest BCUT2D eigenvalue weighted by molar-refractivity contribution is -0.124. The molecule has 0 radical (unpaired) electrons. The molecule has 0 saturated carbocycles. The Morgan fingerprint density at radius 2 is 1.11 bits per heavy atom. The molecular weight excluding hydrogens is 395 g/mol. The first-order chi connectivity index (χ1) is 13.5. The Labute approximate surface area is 173 Å². The number of benzene rings is 2. The van der Waals surface area contributed by atoms with Crippen molar-refractivity contribution in [3.05, 3.63) is 80.8 Å². The number of fused-ring (bicyclic) bond motifs is 1. The average Bonchev–Trinajstić information content (AvgIpc) is 3.13. The molecule has 2 aliphatic heterocycles. The molecule has 2 amide bonds. The summed E-state index contributed by atoms with van der Waals surface area (Å²) in [5, 5.41) is 1.11. The van der Waals surface area contributed by atoms with Gasteiger partial charge in [0, 0.05) is 34.3 Å². The van der Waals surface area contributed by atoms with E-state index in [1.54, 1.807) is 34.1 Å². The monoisotopic (exact) mass is 412 g/mol. The lowest BCUT2D eigenvalue weighted by Crippen LogP contribution is -2.29. The molecule has 2 heterocycles. The Morgan fingerprint density at radius 3 is 1.43 bits per heavy atom. The zero-order valence-corrected chi connectivity index (χ0v) is 17.0. The van der Waals surface area contributed by atoms with Crippen LogP contribution in [0.4, 0.5) is 0 Å². The molecular formula is C22H18Cl2N2O2. The summed E-state index contributed by atoms with van der Waals surface area (Å²) in [6.07, 6.45) is 0. The summed E-state index contributed by atoms with van der Waals surface area (Å²) in [5.74, 6) is -0.349. The van der Waals surface area contributed by atoms with E-state index in [1.807, 2.05) is 38.1 Å². The van der Waals surface area contributed by atoms with Gasteiger partial charge in [0.15, 0.2) is 0 Å². The van der Waals surface area contributed by atoms with Crippen LogP contribution in [0.1, 0.15) is 25.0 Å². The normalized spacial score (nSPS) is 16.6. The molecule has 0 bridgehead atoms. The SMILES string of the molecule is CCN1C(=O)C2=C(c3cccc(Cl)c3)N(CC)C(=O)C2=C1c1cccc(Cl)c1. The van der Waals surface area contributed by atoms with Crippen LogP contribution in [-0.4, -0.2) is 34.7 Å². The minimum atomic E-state index is -0.174. The van der Waals surface area contributed by atoms with Gasteiger partial charge in [0.25, 0.3) is 11.8 Å². The van der Waals surface area contributed by atoms with Gasteiger partial charge >= 0.3 is 0 Å². The van der Waals surface area contributed by atoms with E-state index < -0.39 is 0 Å². The number of nitrogens with zero attached hydrogens (tertiary/aromatic N) is 2. The third-order valence-electron chi connectivity index (χ3n) is 5.01. The molecule has 2 aliphatic rings. The number of carbonyl (C=O) groups excluding carboxylic acids is 2. The summed E-state index contributed by atoms with van der Waals surface area (Å²) in [4.78, 5) is 30.0. The molecule has 4 nitrogen and oxygen atoms in total. The Kier molecular flexibility index (Phi) is 4.77. The predicted octanol–water partition coefficient (Wildman–Crippen LogP) is 4.84. The van der Waals surface area contributed by atoms with Crippen LogP contribution in [0.25, 0.3) is 11.4 Å². The van der Waals surface area contributed by atoms with Gasteiger partial charge in [0.05, 0.1) is 22.5 Å². The second-order valence-corrected chi connectivity index (χ2v) is 7.44. The highest BCUT2D eigenvalue weighted by Crippen LogP contribution is 2.46. The van der Waals surface area contributed by atoms with Crippen LogP contribution in [0.3, 0.4) is 0 Å². The zero-order chi connectivity index (χ0) is 20.0. The van der Waals surface area contributed by atoms with Crippen LogP contribution in [0, 0.1) is 0 Å². The van der Waals surface area contributed by atoms with Gasteiger partial charge in [-0.1, -0.05) is 47.5 Å². The van der Waals surface area contributed by atoms with Gasteiger partial charge in [-0.25, -0.2) is 0 Å². The van der Waals surface area contributed by atoms with Gasteiger partial charge in [-0.15, -0.1) is 0 Å². The second kappa shape index (κ2) is 7.12. The Balaban J connectivity index is 2.03. The molecule has 28 heavy (non-hydrogen) atoms. The third-order valence-corrected chi connectivity index (χ3v) is 5.48. The predicted molar refractivity (Wildman–Crippen MR) is 112 cm³/mol. The number of rotatable bonds is 4. The molecule has 0 aliphatic carbocycles. The summed E-state index contributed by atoms with van der Waals surface area (Å²) in [7, 11) is 0. The van der Waals surface area contributed by atoms with Gasteiger partial charge < -0.3 is 9.80 Å². The number of amides is 2. The van der Waals surface area contributed by atoms with E-state index in [1.165, 1.54) is 0 Å². The first kappa shape index (κ1) is 18.8. The lowest BCUT2D eigenvalue weighted by atomic mass is 10.0. The molecule has 0 spiro atoms. The highest BCUT2D eigenvalue weighted by Gasteiger charge is 2.47. The van der Waals surface area contributed by atoms with Crippen molar-refractivity contribution in [1.82, 2.24) is 9.80 Å². The van der Waals surface area contributed by atoms with Crippen molar-refractivity contribution in [2.75, 3.05) is 13.1 Å². The largest absolute Gasteiger partial charge is 0.307 e. The fourth-order valence-electron chi connectivity index (χ4n) is 3.87. The standard InChI is InChI=1S/C22H18Cl2N2O2/c1-3-25-19(13-7-5-9-15(23)11-13)17-18(21(25)27)20(26(4-2)22(17)28)14-8-6-10-16(24)12-14/h5-12H,3-4H2,1-2H3. The number of hydrogen-bond acceptors (Lipinski definition) is 2. The minimum absolute atomic E-state index is 0.174. The average molecular weight is 413 g/mol. The zero-order valence-electron chi connectivity index (χ0n) is 15.5. The van der Waals surface area contributed by atoms with Crippen molar-refractivity contribution in [1.29, 1.82) is 0 Å². The van der Waals surface area contributed by atoms with Crippen LogP contribution in [0.15, 0.2) is 59.7 Å². The van der Waals surface area contributed by atoms with Gasteiger partial charge in [-0.2, -0.15) is 0 Å². The van der Waals surface area contributed by atoms with E-state index >= 15 is 0 Å². The smallest absolute Gasteiger partial charge is 0.261 e. The molecule has 0 saturated heterocycles. The van der Waals surface area contributed by atoms with Crippen molar-refractivity contribution in [2.24, 2.45) is 0 Å². The fraction of sp³-hybridized carbons (Fsp3) is 0.182. The number of hydrogen-bond donors (Lipinski definition) is 0. The second-order valence-electron chi connectivity index (χ2n) is 6.57. The Hall–Kier alpha value is -2.56. The van der Waals surface area contributed by atoms with Crippen LogP contribution < -0.4 is 0 Å². The highest BCUT2D eigenvalue weighted by atomic mass is 35.5. The van der Waals surface area contributed by atoms with E-state index in [0.29, 0.717) is 45.7 Å². The molecule has 142 valence electrons. The summed E-state index contributed by atoms with van der Waals surface area (Å²) in [5.41, 5.74) is 3.61. The quantitative estimate of drug-likeness (QED) is 0.720. The summed E-state index contributed by atoms with van der Waals surface area (Å²) < 4.78 is 0. The lowest BCUT2D eigenvalue weighted by Gasteiger charge is -2.23. The first-order valence-electron chi connectivity index (χ1n) is 9.12. The molecule has 0 atom stereocenters. The third kappa shape index (κ3) is 2.76. The van der Waals surface area contributed by atoms with Crippen LogP contribution in [0.2, 0.25) is 10.0 Å². The van der Waals surface area contributed by atoms with E-state index in [9.17, 15) is 9.59 Å². The van der Waals surface area contributed by atoms with E-state index in [-0.39, 0.29) is 11.8 Å².